The van der Waals surface area contributed by atoms with E-state index in [1.807, 2.05) is 24.3 Å². The van der Waals surface area contributed by atoms with Crippen LogP contribution < -0.4 is 18.9 Å². The van der Waals surface area contributed by atoms with Gasteiger partial charge in [-0.2, -0.15) is 0 Å². The first kappa shape index (κ1) is 19.9. The van der Waals surface area contributed by atoms with E-state index in [4.69, 9.17) is 30.5 Å². The first-order chi connectivity index (χ1) is 13.6. The van der Waals surface area contributed by atoms with Gasteiger partial charge in [0.05, 0.1) is 18.7 Å². The predicted octanol–water partition coefficient (Wildman–Crippen LogP) is 3.67. The summed E-state index contributed by atoms with van der Waals surface area (Å²) in [5.74, 6) is 2.49. The zero-order chi connectivity index (χ0) is 19.9. The number of halogens is 1. The van der Waals surface area contributed by atoms with Gasteiger partial charge in [-0.3, -0.25) is 4.79 Å². The molecule has 148 valence electrons. The maximum Gasteiger partial charge on any atom is 0.246 e. The SMILES string of the molecule is COc1ccc(OCCN(C)C(=O)/C=C/c2cc(Cl)c3c(c2)OCCO3)cc1. The first-order valence-corrected chi connectivity index (χ1v) is 9.24. The number of rotatable bonds is 7. The molecule has 1 aliphatic heterocycles. The fourth-order valence-corrected chi connectivity index (χ4v) is 2.88. The van der Waals surface area contributed by atoms with Crippen LogP contribution in [0.15, 0.2) is 42.5 Å². The maximum atomic E-state index is 12.3. The molecule has 0 atom stereocenters. The molecule has 0 bridgehead atoms. The molecule has 0 saturated heterocycles. The number of carbonyl (C=O) groups excluding carboxylic acids is 1. The molecule has 6 nitrogen and oxygen atoms in total. The van der Waals surface area contributed by atoms with Crippen molar-refractivity contribution in [3.05, 3.63) is 53.1 Å². The number of amides is 1. The Balaban J connectivity index is 1.51. The Labute approximate surface area is 169 Å². The van der Waals surface area contributed by atoms with Gasteiger partial charge in [0.1, 0.15) is 31.3 Å². The standard InChI is InChI=1S/C21H22ClNO5/c1-23(9-10-26-17-6-4-16(25-2)5-7-17)20(24)8-3-15-13-18(22)21-19(14-15)27-11-12-28-21/h3-8,13-14H,9-12H2,1-2H3/b8-3+. The maximum absolute atomic E-state index is 12.3. The number of fused-ring (bicyclic) bond motifs is 1. The van der Waals surface area contributed by atoms with Gasteiger partial charge in [0, 0.05) is 13.1 Å². The van der Waals surface area contributed by atoms with E-state index >= 15 is 0 Å². The molecule has 3 rings (SSSR count). The Morgan fingerprint density at radius 1 is 1.18 bits per heavy atom. The molecule has 1 heterocycles. The van der Waals surface area contributed by atoms with Crippen molar-refractivity contribution >= 4 is 23.6 Å². The van der Waals surface area contributed by atoms with Crippen molar-refractivity contribution < 1.29 is 23.7 Å². The molecular weight excluding hydrogens is 382 g/mol. The van der Waals surface area contributed by atoms with E-state index in [0.29, 0.717) is 42.9 Å². The number of carbonyl (C=O) groups is 1. The topological polar surface area (TPSA) is 57.2 Å². The first-order valence-electron chi connectivity index (χ1n) is 8.86. The van der Waals surface area contributed by atoms with Gasteiger partial charge in [-0.05, 0) is 48.0 Å². The molecule has 0 radical (unpaired) electrons. The minimum absolute atomic E-state index is 0.135. The van der Waals surface area contributed by atoms with Crippen LogP contribution in [-0.2, 0) is 4.79 Å². The van der Waals surface area contributed by atoms with Crippen LogP contribution in [0, 0.1) is 0 Å². The molecule has 0 unspecified atom stereocenters. The molecule has 28 heavy (non-hydrogen) atoms. The molecule has 0 N–H and O–H groups in total. The highest BCUT2D eigenvalue weighted by atomic mass is 35.5. The smallest absolute Gasteiger partial charge is 0.246 e. The molecule has 0 fully saturated rings. The Morgan fingerprint density at radius 2 is 1.89 bits per heavy atom. The highest BCUT2D eigenvalue weighted by Crippen LogP contribution is 2.38. The van der Waals surface area contributed by atoms with Crippen LogP contribution in [0.5, 0.6) is 23.0 Å². The lowest BCUT2D eigenvalue weighted by molar-refractivity contribution is -0.125. The van der Waals surface area contributed by atoms with E-state index in [9.17, 15) is 4.79 Å². The summed E-state index contributed by atoms with van der Waals surface area (Å²) >= 11 is 6.21. The van der Waals surface area contributed by atoms with Crippen LogP contribution in [0.25, 0.3) is 6.08 Å². The summed E-state index contributed by atoms with van der Waals surface area (Å²) in [6, 6.07) is 10.8. The summed E-state index contributed by atoms with van der Waals surface area (Å²) in [7, 11) is 3.34. The molecule has 0 aliphatic carbocycles. The lowest BCUT2D eigenvalue weighted by atomic mass is 10.1. The third-order valence-electron chi connectivity index (χ3n) is 4.17. The van der Waals surface area contributed by atoms with Gasteiger partial charge in [-0.15, -0.1) is 0 Å². The zero-order valence-electron chi connectivity index (χ0n) is 15.8. The molecule has 7 heteroatoms. The normalized spacial score (nSPS) is 12.7. The van der Waals surface area contributed by atoms with E-state index in [2.05, 4.69) is 0 Å². The molecule has 0 spiro atoms. The van der Waals surface area contributed by atoms with E-state index in [0.717, 1.165) is 17.1 Å². The largest absolute Gasteiger partial charge is 0.497 e. The Morgan fingerprint density at radius 3 is 2.64 bits per heavy atom. The van der Waals surface area contributed by atoms with Crippen LogP contribution in [0.1, 0.15) is 5.56 Å². The number of methoxy groups -OCH3 is 1. The fourth-order valence-electron chi connectivity index (χ4n) is 2.60. The molecule has 1 amide bonds. The lowest BCUT2D eigenvalue weighted by Crippen LogP contribution is -2.29. The summed E-state index contributed by atoms with van der Waals surface area (Å²) < 4.78 is 21.8. The van der Waals surface area contributed by atoms with Crippen molar-refractivity contribution in [3.8, 4) is 23.0 Å². The Kier molecular flexibility index (Phi) is 6.66. The quantitative estimate of drug-likeness (QED) is 0.660. The molecular formula is C21H22ClNO5. The second-order valence-corrected chi connectivity index (χ2v) is 6.55. The lowest BCUT2D eigenvalue weighted by Gasteiger charge is -2.19. The number of hydrogen-bond acceptors (Lipinski definition) is 5. The number of nitrogens with zero attached hydrogens (tertiary/aromatic N) is 1. The molecule has 2 aromatic carbocycles. The predicted molar refractivity (Wildman–Crippen MR) is 108 cm³/mol. The van der Waals surface area contributed by atoms with Gasteiger partial charge < -0.3 is 23.8 Å². The average molecular weight is 404 g/mol. The highest BCUT2D eigenvalue weighted by Gasteiger charge is 2.16. The number of hydrogen-bond donors (Lipinski definition) is 0. The minimum atomic E-state index is -0.135. The zero-order valence-corrected chi connectivity index (χ0v) is 16.6. The van der Waals surface area contributed by atoms with Gasteiger partial charge in [0.2, 0.25) is 5.91 Å². The van der Waals surface area contributed by atoms with Crippen molar-refractivity contribution in [1.29, 1.82) is 0 Å². The Hall–Kier alpha value is -2.86. The highest BCUT2D eigenvalue weighted by molar-refractivity contribution is 6.32. The van der Waals surface area contributed by atoms with E-state index < -0.39 is 0 Å². The van der Waals surface area contributed by atoms with Crippen LogP contribution in [0.2, 0.25) is 5.02 Å². The monoisotopic (exact) mass is 403 g/mol. The van der Waals surface area contributed by atoms with Gasteiger partial charge in [-0.25, -0.2) is 0 Å². The second kappa shape index (κ2) is 9.37. The van der Waals surface area contributed by atoms with E-state index in [1.165, 1.54) is 6.08 Å². The summed E-state index contributed by atoms with van der Waals surface area (Å²) in [6.07, 6.45) is 3.20. The van der Waals surface area contributed by atoms with Crippen molar-refractivity contribution in [2.45, 2.75) is 0 Å². The van der Waals surface area contributed by atoms with Gasteiger partial charge in [0.25, 0.3) is 0 Å². The van der Waals surface area contributed by atoms with Crippen LogP contribution in [0.3, 0.4) is 0 Å². The van der Waals surface area contributed by atoms with Crippen LogP contribution >= 0.6 is 11.6 Å². The number of likely N-dealkylation sites (N-methyl/N-ethyl adjacent to an activating group) is 1. The summed E-state index contributed by atoms with van der Waals surface area (Å²) in [5, 5.41) is 0.463. The average Bonchev–Trinajstić information content (AvgIpc) is 2.72. The molecule has 2 aromatic rings. The molecule has 0 aromatic heterocycles. The summed E-state index contributed by atoms with van der Waals surface area (Å²) in [4.78, 5) is 13.9. The van der Waals surface area contributed by atoms with Crippen molar-refractivity contribution in [1.82, 2.24) is 4.90 Å². The third-order valence-corrected chi connectivity index (χ3v) is 4.45. The van der Waals surface area contributed by atoms with Gasteiger partial charge >= 0.3 is 0 Å². The minimum Gasteiger partial charge on any atom is -0.497 e. The van der Waals surface area contributed by atoms with Gasteiger partial charge in [0.15, 0.2) is 11.5 Å². The van der Waals surface area contributed by atoms with E-state index in [1.54, 1.807) is 37.3 Å². The number of ether oxygens (including phenoxy) is 4. The molecule has 1 aliphatic rings. The fraction of sp³-hybridized carbons (Fsp3) is 0.286. The van der Waals surface area contributed by atoms with E-state index in [-0.39, 0.29) is 5.91 Å². The van der Waals surface area contributed by atoms with Crippen molar-refractivity contribution in [2.75, 3.05) is 40.5 Å². The molecule has 0 saturated carbocycles. The summed E-state index contributed by atoms with van der Waals surface area (Å²) in [6.45, 7) is 1.80. The Bertz CT molecular complexity index is 851. The van der Waals surface area contributed by atoms with Gasteiger partial charge in [-0.1, -0.05) is 11.6 Å². The van der Waals surface area contributed by atoms with Crippen LogP contribution in [0.4, 0.5) is 0 Å². The summed E-state index contributed by atoms with van der Waals surface area (Å²) in [5.41, 5.74) is 0.769. The second-order valence-electron chi connectivity index (χ2n) is 6.14. The number of benzene rings is 2. The third kappa shape index (κ3) is 5.10. The van der Waals surface area contributed by atoms with Crippen molar-refractivity contribution in [3.63, 3.8) is 0 Å². The van der Waals surface area contributed by atoms with Crippen LogP contribution in [-0.4, -0.2) is 51.3 Å². The van der Waals surface area contributed by atoms with Crippen molar-refractivity contribution in [2.24, 2.45) is 0 Å².